The van der Waals surface area contributed by atoms with Crippen molar-refractivity contribution < 1.29 is 31.8 Å². The van der Waals surface area contributed by atoms with E-state index in [1.54, 1.807) is 11.8 Å². The molecule has 2 aromatic rings. The van der Waals surface area contributed by atoms with Gasteiger partial charge in [0.1, 0.15) is 18.0 Å². The van der Waals surface area contributed by atoms with E-state index in [4.69, 9.17) is 14.5 Å². The summed E-state index contributed by atoms with van der Waals surface area (Å²) in [4.78, 5) is 25.4. The Bertz CT molecular complexity index is 1080. The number of benzene rings is 1. The van der Waals surface area contributed by atoms with E-state index in [-0.39, 0.29) is 30.1 Å². The summed E-state index contributed by atoms with van der Waals surface area (Å²) in [5, 5.41) is 2.69. The number of carbonyl (C=O) groups excluding carboxylic acids is 1. The zero-order valence-electron chi connectivity index (χ0n) is 20.1. The standard InChI is InChI=1S/C24H29F4N5O3/c1-14(35-2)24(34)33-10-7-18-19(13-33)30-22(29-12-21(27)28)23(31-18)32-8-5-16(6-9-32)36-20-4-3-15(25)11-17(20)26/h3-4,11,14,16,21H,5-10,12-13H2,1-2H3,(H,29,30)/t14-/m1/s1. The molecule has 4 rings (SSSR count). The van der Waals surface area contributed by atoms with Gasteiger partial charge in [0.25, 0.3) is 12.3 Å². The SMILES string of the molecule is CO[C@H](C)C(=O)N1CCc2nc(N3CCC(Oc4ccc(F)cc4F)CC3)c(NCC(F)F)nc2C1. The van der Waals surface area contributed by atoms with E-state index >= 15 is 0 Å². The number of hydrogen-bond acceptors (Lipinski definition) is 7. The summed E-state index contributed by atoms with van der Waals surface area (Å²) in [6.07, 6.45) is -1.92. The highest BCUT2D eigenvalue weighted by atomic mass is 19.3. The number of alkyl halides is 2. The molecule has 1 fully saturated rings. The van der Waals surface area contributed by atoms with E-state index in [1.165, 1.54) is 13.2 Å². The van der Waals surface area contributed by atoms with Crippen LogP contribution in [0.4, 0.5) is 29.2 Å². The number of piperidine rings is 1. The molecule has 0 radical (unpaired) electrons. The summed E-state index contributed by atoms with van der Waals surface area (Å²) >= 11 is 0. The molecule has 0 saturated carbocycles. The predicted molar refractivity (Wildman–Crippen MR) is 124 cm³/mol. The van der Waals surface area contributed by atoms with Gasteiger partial charge in [0.15, 0.2) is 23.2 Å². The van der Waals surface area contributed by atoms with Gasteiger partial charge in [0.05, 0.1) is 24.5 Å². The van der Waals surface area contributed by atoms with E-state index < -0.39 is 30.7 Å². The van der Waals surface area contributed by atoms with Gasteiger partial charge in [-0.05, 0) is 19.1 Å². The molecule has 36 heavy (non-hydrogen) atoms. The van der Waals surface area contributed by atoms with E-state index in [2.05, 4.69) is 10.3 Å². The van der Waals surface area contributed by atoms with Gasteiger partial charge in [0.2, 0.25) is 0 Å². The van der Waals surface area contributed by atoms with Crippen molar-refractivity contribution in [1.29, 1.82) is 0 Å². The third-order valence-corrected chi connectivity index (χ3v) is 6.36. The number of methoxy groups -OCH3 is 1. The molecule has 1 N–H and O–H groups in total. The lowest BCUT2D eigenvalue weighted by molar-refractivity contribution is -0.142. The molecule has 1 amide bonds. The first-order valence-corrected chi connectivity index (χ1v) is 11.8. The molecule has 0 aliphatic carbocycles. The van der Waals surface area contributed by atoms with Gasteiger partial charge >= 0.3 is 0 Å². The van der Waals surface area contributed by atoms with Gasteiger partial charge in [-0.25, -0.2) is 27.5 Å². The number of anilines is 2. The highest BCUT2D eigenvalue weighted by molar-refractivity contribution is 5.80. The molecule has 1 aromatic carbocycles. The fraction of sp³-hybridized carbons (Fsp3) is 0.542. The van der Waals surface area contributed by atoms with Crippen LogP contribution in [0.1, 0.15) is 31.2 Å². The summed E-state index contributed by atoms with van der Waals surface area (Å²) in [5.41, 5.74) is 1.27. The van der Waals surface area contributed by atoms with Crippen LogP contribution in [0.5, 0.6) is 5.75 Å². The topological polar surface area (TPSA) is 79.8 Å². The van der Waals surface area contributed by atoms with Gasteiger partial charge in [-0.3, -0.25) is 4.79 Å². The van der Waals surface area contributed by atoms with Crippen LogP contribution in [-0.4, -0.2) is 72.7 Å². The summed E-state index contributed by atoms with van der Waals surface area (Å²) < 4.78 is 63.9. The summed E-state index contributed by atoms with van der Waals surface area (Å²) in [5.74, 6) is -0.924. The van der Waals surface area contributed by atoms with Crippen LogP contribution in [-0.2, 0) is 22.5 Å². The zero-order chi connectivity index (χ0) is 25.8. The number of nitrogens with zero attached hydrogens (tertiary/aromatic N) is 4. The van der Waals surface area contributed by atoms with Crippen LogP contribution in [0.2, 0.25) is 0 Å². The number of nitrogens with one attached hydrogen (secondary N) is 1. The Kier molecular flexibility index (Phi) is 8.12. The van der Waals surface area contributed by atoms with E-state index in [0.29, 0.717) is 56.1 Å². The van der Waals surface area contributed by atoms with Crippen LogP contribution in [0.3, 0.4) is 0 Å². The molecular weight excluding hydrogens is 482 g/mol. The van der Waals surface area contributed by atoms with Crippen LogP contribution in [0.25, 0.3) is 0 Å². The molecule has 0 unspecified atom stereocenters. The zero-order valence-corrected chi connectivity index (χ0v) is 20.1. The first-order chi connectivity index (χ1) is 17.2. The number of aromatic nitrogens is 2. The molecule has 2 aliphatic rings. The highest BCUT2D eigenvalue weighted by Crippen LogP contribution is 2.30. The lowest BCUT2D eigenvalue weighted by Crippen LogP contribution is -2.43. The molecule has 3 heterocycles. The Hall–Kier alpha value is -3.15. The molecule has 0 bridgehead atoms. The van der Waals surface area contributed by atoms with Crippen molar-refractivity contribution in [1.82, 2.24) is 14.9 Å². The Morgan fingerprint density at radius 3 is 2.58 bits per heavy atom. The second-order valence-corrected chi connectivity index (χ2v) is 8.83. The second kappa shape index (κ2) is 11.3. The second-order valence-electron chi connectivity index (χ2n) is 8.83. The number of hydrogen-bond donors (Lipinski definition) is 1. The predicted octanol–water partition coefficient (Wildman–Crippen LogP) is 3.40. The van der Waals surface area contributed by atoms with Crippen LogP contribution in [0, 0.1) is 11.6 Å². The van der Waals surface area contributed by atoms with E-state index in [9.17, 15) is 22.4 Å². The Balaban J connectivity index is 1.48. The van der Waals surface area contributed by atoms with Crippen molar-refractivity contribution in [3.8, 4) is 5.75 Å². The van der Waals surface area contributed by atoms with Crippen molar-refractivity contribution in [3.63, 3.8) is 0 Å². The number of carbonyl (C=O) groups is 1. The van der Waals surface area contributed by atoms with Gasteiger partial charge in [0, 0.05) is 52.1 Å². The van der Waals surface area contributed by atoms with Crippen LogP contribution in [0.15, 0.2) is 18.2 Å². The van der Waals surface area contributed by atoms with E-state index in [1.807, 2.05) is 4.90 Å². The lowest BCUT2D eigenvalue weighted by Gasteiger charge is -2.35. The lowest BCUT2D eigenvalue weighted by atomic mass is 10.1. The number of ether oxygens (including phenoxy) is 2. The third kappa shape index (κ3) is 5.97. The number of amides is 1. The molecule has 1 atom stereocenters. The maximum absolute atomic E-state index is 14.0. The minimum absolute atomic E-state index is 0.00963. The van der Waals surface area contributed by atoms with Crippen molar-refractivity contribution in [2.45, 2.75) is 51.4 Å². The number of fused-ring (bicyclic) bond motifs is 1. The quantitative estimate of drug-likeness (QED) is 0.545. The molecule has 1 aromatic heterocycles. The first-order valence-electron chi connectivity index (χ1n) is 11.8. The third-order valence-electron chi connectivity index (χ3n) is 6.36. The smallest absolute Gasteiger partial charge is 0.255 e. The fourth-order valence-corrected chi connectivity index (χ4v) is 4.32. The molecule has 0 spiro atoms. The largest absolute Gasteiger partial charge is 0.487 e. The van der Waals surface area contributed by atoms with Crippen molar-refractivity contribution in [2.75, 3.05) is 43.5 Å². The Morgan fingerprint density at radius 2 is 1.92 bits per heavy atom. The first kappa shape index (κ1) is 25.9. The van der Waals surface area contributed by atoms with Crippen molar-refractivity contribution in [3.05, 3.63) is 41.2 Å². The minimum Gasteiger partial charge on any atom is -0.487 e. The average Bonchev–Trinajstić information content (AvgIpc) is 2.87. The van der Waals surface area contributed by atoms with Crippen molar-refractivity contribution in [2.24, 2.45) is 0 Å². The molecule has 196 valence electrons. The normalized spacial score (nSPS) is 17.2. The number of halogens is 4. The minimum atomic E-state index is -2.58. The summed E-state index contributed by atoms with van der Waals surface area (Å²) in [7, 11) is 1.46. The van der Waals surface area contributed by atoms with E-state index in [0.717, 1.165) is 12.1 Å². The average molecular weight is 512 g/mol. The Labute approximate surface area is 206 Å². The highest BCUT2D eigenvalue weighted by Gasteiger charge is 2.30. The van der Waals surface area contributed by atoms with Gasteiger partial charge in [-0.15, -0.1) is 0 Å². The number of rotatable bonds is 8. The monoisotopic (exact) mass is 511 g/mol. The maximum Gasteiger partial charge on any atom is 0.255 e. The van der Waals surface area contributed by atoms with Gasteiger partial charge < -0.3 is 24.6 Å². The van der Waals surface area contributed by atoms with Gasteiger partial charge in [-0.2, -0.15) is 0 Å². The van der Waals surface area contributed by atoms with Crippen LogP contribution >= 0.6 is 0 Å². The van der Waals surface area contributed by atoms with Crippen molar-refractivity contribution >= 4 is 17.5 Å². The Morgan fingerprint density at radius 1 is 1.17 bits per heavy atom. The summed E-state index contributed by atoms with van der Waals surface area (Å²) in [6.45, 7) is 2.72. The van der Waals surface area contributed by atoms with Crippen LogP contribution < -0.4 is 15.0 Å². The fourth-order valence-electron chi connectivity index (χ4n) is 4.32. The molecule has 8 nitrogen and oxygen atoms in total. The summed E-state index contributed by atoms with van der Waals surface area (Å²) in [6, 6.07) is 3.18. The van der Waals surface area contributed by atoms with Gasteiger partial charge in [-0.1, -0.05) is 0 Å². The molecule has 12 heteroatoms. The maximum atomic E-state index is 14.0. The molecule has 1 saturated heterocycles. The molecular formula is C24H29F4N5O3. The molecule has 2 aliphatic heterocycles.